The van der Waals surface area contributed by atoms with Crippen LogP contribution in [0.1, 0.15) is 36.0 Å². The van der Waals surface area contributed by atoms with Gasteiger partial charge in [-0.2, -0.15) is 0 Å². The normalized spacial score (nSPS) is 21.6. The number of benzene rings is 1. The van der Waals surface area contributed by atoms with Gasteiger partial charge in [-0.3, -0.25) is 4.79 Å². The van der Waals surface area contributed by atoms with E-state index in [0.29, 0.717) is 5.56 Å². The zero-order valence-corrected chi connectivity index (χ0v) is 13.8. The average Bonchev–Trinajstić information content (AvgIpc) is 2.55. The Labute approximate surface area is 137 Å². The molecule has 4 N–H and O–H groups in total. The molecule has 1 aliphatic rings. The lowest BCUT2D eigenvalue weighted by atomic mass is 9.91. The van der Waals surface area contributed by atoms with Crippen LogP contribution in [-0.2, 0) is 10.0 Å². The van der Waals surface area contributed by atoms with Gasteiger partial charge in [0.15, 0.2) is 0 Å². The number of rotatable bonds is 6. The van der Waals surface area contributed by atoms with Crippen molar-refractivity contribution in [2.75, 3.05) is 6.54 Å². The minimum atomic E-state index is -3.57. The van der Waals surface area contributed by atoms with Gasteiger partial charge in [0.1, 0.15) is 0 Å². The molecule has 0 spiro atoms. The monoisotopic (exact) mass is 337 g/mol. The number of hydrogen-bond acceptors (Lipinski definition) is 4. The van der Waals surface area contributed by atoms with E-state index in [-0.39, 0.29) is 29.4 Å². The van der Waals surface area contributed by atoms with E-state index in [9.17, 15) is 13.2 Å². The molecule has 0 saturated heterocycles. The Morgan fingerprint density at radius 2 is 1.83 bits per heavy atom. The highest BCUT2D eigenvalue weighted by Crippen LogP contribution is 2.18. The summed E-state index contributed by atoms with van der Waals surface area (Å²) >= 11 is 0. The molecule has 0 aliphatic heterocycles. The molecule has 0 bridgehead atoms. The number of nitrogens with one attached hydrogen (secondary N) is 2. The fourth-order valence-corrected chi connectivity index (χ4v) is 3.57. The van der Waals surface area contributed by atoms with Gasteiger partial charge in [-0.15, -0.1) is 6.58 Å². The Balaban J connectivity index is 1.98. The van der Waals surface area contributed by atoms with Crippen molar-refractivity contribution in [1.29, 1.82) is 0 Å². The SMILES string of the molecule is C=CCNS(=O)(=O)c1ccc(C(=O)NC2CCC(N)CC2)cc1. The summed E-state index contributed by atoms with van der Waals surface area (Å²) in [7, 11) is -3.57. The van der Waals surface area contributed by atoms with E-state index in [2.05, 4.69) is 16.6 Å². The van der Waals surface area contributed by atoms with Crippen molar-refractivity contribution >= 4 is 15.9 Å². The second-order valence-corrected chi connectivity index (χ2v) is 7.52. The van der Waals surface area contributed by atoms with Crippen LogP contribution in [0.5, 0.6) is 0 Å². The number of amides is 1. The summed E-state index contributed by atoms with van der Waals surface area (Å²) in [6, 6.07) is 6.27. The van der Waals surface area contributed by atoms with Gasteiger partial charge in [-0.05, 0) is 49.9 Å². The summed E-state index contributed by atoms with van der Waals surface area (Å²) in [5.41, 5.74) is 6.30. The van der Waals surface area contributed by atoms with Gasteiger partial charge in [-0.1, -0.05) is 6.08 Å². The third kappa shape index (κ3) is 4.89. The molecular weight excluding hydrogens is 314 g/mol. The molecule has 7 heteroatoms. The Hall–Kier alpha value is -1.70. The second kappa shape index (κ2) is 7.72. The first-order valence-electron chi connectivity index (χ1n) is 7.69. The molecule has 0 aromatic heterocycles. The van der Waals surface area contributed by atoms with Crippen LogP contribution < -0.4 is 15.8 Å². The van der Waals surface area contributed by atoms with E-state index in [1.54, 1.807) is 0 Å². The highest BCUT2D eigenvalue weighted by molar-refractivity contribution is 7.89. The van der Waals surface area contributed by atoms with Gasteiger partial charge in [0.2, 0.25) is 10.0 Å². The first kappa shape index (κ1) is 17.7. The minimum absolute atomic E-state index is 0.125. The third-order valence-electron chi connectivity index (χ3n) is 3.95. The first-order chi connectivity index (χ1) is 10.9. The number of carbonyl (C=O) groups is 1. The van der Waals surface area contributed by atoms with Crippen LogP contribution in [0.2, 0.25) is 0 Å². The molecule has 1 aromatic rings. The van der Waals surface area contributed by atoms with Crippen LogP contribution in [0.3, 0.4) is 0 Å². The molecule has 126 valence electrons. The molecular formula is C16H23N3O3S. The molecule has 1 saturated carbocycles. The molecule has 23 heavy (non-hydrogen) atoms. The predicted molar refractivity (Wildman–Crippen MR) is 89.5 cm³/mol. The summed E-state index contributed by atoms with van der Waals surface area (Å²) in [5.74, 6) is -0.187. The fourth-order valence-electron chi connectivity index (χ4n) is 2.57. The van der Waals surface area contributed by atoms with Gasteiger partial charge in [0, 0.05) is 24.2 Å². The van der Waals surface area contributed by atoms with Crippen LogP contribution >= 0.6 is 0 Å². The molecule has 1 amide bonds. The van der Waals surface area contributed by atoms with Crippen molar-refractivity contribution in [3.63, 3.8) is 0 Å². The number of sulfonamides is 1. The lowest BCUT2D eigenvalue weighted by molar-refractivity contribution is 0.0926. The van der Waals surface area contributed by atoms with Crippen molar-refractivity contribution in [2.45, 2.75) is 42.7 Å². The molecule has 6 nitrogen and oxygen atoms in total. The van der Waals surface area contributed by atoms with E-state index in [0.717, 1.165) is 25.7 Å². The summed E-state index contributed by atoms with van der Waals surface area (Å²) in [6.07, 6.45) is 5.05. The Kier molecular flexibility index (Phi) is 5.92. The van der Waals surface area contributed by atoms with Crippen LogP contribution in [0.25, 0.3) is 0 Å². The van der Waals surface area contributed by atoms with Crippen molar-refractivity contribution in [3.05, 3.63) is 42.5 Å². The van der Waals surface area contributed by atoms with E-state index in [1.165, 1.54) is 30.3 Å². The van der Waals surface area contributed by atoms with Crippen molar-refractivity contribution in [2.24, 2.45) is 5.73 Å². The second-order valence-electron chi connectivity index (χ2n) is 5.75. The van der Waals surface area contributed by atoms with Gasteiger partial charge in [0.05, 0.1) is 4.90 Å². The maximum Gasteiger partial charge on any atom is 0.251 e. The van der Waals surface area contributed by atoms with Gasteiger partial charge in [-0.25, -0.2) is 13.1 Å². The van der Waals surface area contributed by atoms with Crippen LogP contribution in [0.15, 0.2) is 41.8 Å². The highest BCUT2D eigenvalue weighted by atomic mass is 32.2. The molecule has 1 aromatic carbocycles. The van der Waals surface area contributed by atoms with Crippen molar-refractivity contribution in [1.82, 2.24) is 10.0 Å². The molecule has 0 radical (unpaired) electrons. The Morgan fingerprint density at radius 1 is 1.22 bits per heavy atom. The summed E-state index contributed by atoms with van der Waals surface area (Å²) in [4.78, 5) is 12.3. The van der Waals surface area contributed by atoms with E-state index in [4.69, 9.17) is 5.73 Å². The van der Waals surface area contributed by atoms with Crippen molar-refractivity contribution in [3.8, 4) is 0 Å². The lowest BCUT2D eigenvalue weighted by Gasteiger charge is -2.26. The minimum Gasteiger partial charge on any atom is -0.349 e. The maximum absolute atomic E-state index is 12.2. The number of nitrogens with two attached hydrogens (primary N) is 1. The molecule has 0 unspecified atom stereocenters. The Bertz CT molecular complexity index is 648. The van der Waals surface area contributed by atoms with Crippen LogP contribution in [0, 0.1) is 0 Å². The van der Waals surface area contributed by atoms with E-state index >= 15 is 0 Å². The van der Waals surface area contributed by atoms with E-state index < -0.39 is 10.0 Å². The standard InChI is InChI=1S/C16H23N3O3S/c1-2-11-18-23(21,22)15-9-3-12(4-10-15)16(20)19-14-7-5-13(17)6-8-14/h2-4,9-10,13-14,18H,1,5-8,11,17H2,(H,19,20). The number of hydrogen-bond donors (Lipinski definition) is 3. The first-order valence-corrected chi connectivity index (χ1v) is 9.18. The zero-order valence-electron chi connectivity index (χ0n) is 13.0. The van der Waals surface area contributed by atoms with Crippen LogP contribution in [-0.4, -0.2) is 33.0 Å². The molecule has 0 heterocycles. The van der Waals surface area contributed by atoms with Crippen molar-refractivity contribution < 1.29 is 13.2 Å². The average molecular weight is 337 g/mol. The zero-order chi connectivity index (χ0) is 16.9. The predicted octanol–water partition coefficient (Wildman–Crippen LogP) is 1.15. The smallest absolute Gasteiger partial charge is 0.251 e. The van der Waals surface area contributed by atoms with Gasteiger partial charge < -0.3 is 11.1 Å². The molecule has 2 rings (SSSR count). The quantitative estimate of drug-likeness (QED) is 0.678. The fraction of sp³-hybridized carbons (Fsp3) is 0.438. The van der Waals surface area contributed by atoms with E-state index in [1.807, 2.05) is 0 Å². The largest absolute Gasteiger partial charge is 0.349 e. The topological polar surface area (TPSA) is 101 Å². The molecule has 1 aliphatic carbocycles. The summed E-state index contributed by atoms with van der Waals surface area (Å²) in [6.45, 7) is 3.63. The lowest BCUT2D eigenvalue weighted by Crippen LogP contribution is -2.40. The number of carbonyl (C=O) groups excluding carboxylic acids is 1. The summed E-state index contributed by atoms with van der Waals surface area (Å²) in [5, 5.41) is 2.98. The summed E-state index contributed by atoms with van der Waals surface area (Å²) < 4.78 is 26.3. The maximum atomic E-state index is 12.2. The molecule has 0 atom stereocenters. The molecule has 1 fully saturated rings. The third-order valence-corrected chi connectivity index (χ3v) is 5.39. The van der Waals surface area contributed by atoms with Gasteiger partial charge >= 0.3 is 0 Å². The van der Waals surface area contributed by atoms with Gasteiger partial charge in [0.25, 0.3) is 5.91 Å². The van der Waals surface area contributed by atoms with Crippen LogP contribution in [0.4, 0.5) is 0 Å². The highest BCUT2D eigenvalue weighted by Gasteiger charge is 2.21. The Morgan fingerprint density at radius 3 is 2.39 bits per heavy atom.